The molecule has 1 aromatic heterocycles. The van der Waals surface area contributed by atoms with Gasteiger partial charge in [0.05, 0.1) is 4.91 Å². The second-order valence-electron chi connectivity index (χ2n) is 9.69. The quantitative estimate of drug-likeness (QED) is 0.271. The molecule has 0 aliphatic carbocycles. The number of unbranched alkanes of at least 4 members (excludes halogenated alkanes) is 1. The van der Waals surface area contributed by atoms with Crippen LogP contribution in [0.5, 0.6) is 0 Å². The van der Waals surface area contributed by atoms with Crippen molar-refractivity contribution < 1.29 is 9.53 Å². The average molecular weight is 517 g/mol. The average Bonchev–Trinajstić information content (AvgIpc) is 3.07. The van der Waals surface area contributed by atoms with E-state index < -0.39 is 0 Å². The first-order valence-electron chi connectivity index (χ1n) is 12.4. The van der Waals surface area contributed by atoms with Gasteiger partial charge in [-0.15, -0.1) is 0 Å². The molecule has 0 aromatic carbocycles. The number of amides is 1. The molecule has 2 unspecified atom stereocenters. The van der Waals surface area contributed by atoms with Gasteiger partial charge in [-0.25, -0.2) is 0 Å². The molecule has 2 atom stereocenters. The number of aromatic nitrogens is 1. The number of anilines is 1. The number of thioether (sulfide) groups is 1. The van der Waals surface area contributed by atoms with E-state index in [0.717, 1.165) is 43.7 Å². The van der Waals surface area contributed by atoms with Crippen LogP contribution in [0.25, 0.3) is 6.08 Å². The lowest BCUT2D eigenvalue weighted by molar-refractivity contribution is -0.122. The summed E-state index contributed by atoms with van der Waals surface area (Å²) in [6.45, 7) is 11.6. The number of carbonyl (C=O) groups excluding carboxylic acids is 1. The number of ether oxygens (including phenoxy) is 1. The second kappa shape index (κ2) is 12.2. The van der Waals surface area contributed by atoms with E-state index in [2.05, 4.69) is 31.7 Å². The molecule has 190 valence electrons. The molecular weight excluding hydrogens is 480 g/mol. The highest BCUT2D eigenvalue weighted by atomic mass is 32.2. The summed E-state index contributed by atoms with van der Waals surface area (Å²) in [4.78, 5) is 31.1. The van der Waals surface area contributed by atoms with Crippen molar-refractivity contribution in [1.82, 2.24) is 9.47 Å². The monoisotopic (exact) mass is 516 g/mol. The normalized spacial score (nSPS) is 21.8. The van der Waals surface area contributed by atoms with Crippen molar-refractivity contribution in [3.63, 3.8) is 0 Å². The van der Waals surface area contributed by atoms with Crippen LogP contribution in [0.2, 0.25) is 0 Å². The van der Waals surface area contributed by atoms with Gasteiger partial charge in [-0.1, -0.05) is 51.2 Å². The second-order valence-corrected chi connectivity index (χ2v) is 11.4. The lowest BCUT2D eigenvalue weighted by atomic mass is 9.91. The van der Waals surface area contributed by atoms with E-state index >= 15 is 0 Å². The largest absolute Gasteiger partial charge is 0.385 e. The van der Waals surface area contributed by atoms with Crippen molar-refractivity contribution in [2.75, 3.05) is 38.3 Å². The van der Waals surface area contributed by atoms with Crippen LogP contribution in [0.3, 0.4) is 0 Å². The number of hydrogen-bond donors (Lipinski definition) is 0. The number of thiocarbonyl (C=S) groups is 1. The molecular formula is C26H36N4O3S2. The lowest BCUT2D eigenvalue weighted by Crippen LogP contribution is -2.43. The Hall–Kier alpha value is -2.15. The van der Waals surface area contributed by atoms with E-state index in [4.69, 9.17) is 17.0 Å². The van der Waals surface area contributed by atoms with E-state index in [1.165, 1.54) is 11.8 Å². The summed E-state index contributed by atoms with van der Waals surface area (Å²) in [7, 11) is 1.64. The molecule has 0 radical (unpaired) electrons. The molecule has 1 amide bonds. The van der Waals surface area contributed by atoms with Crippen molar-refractivity contribution >= 4 is 46.1 Å². The molecule has 0 spiro atoms. The highest BCUT2D eigenvalue weighted by molar-refractivity contribution is 8.26. The van der Waals surface area contributed by atoms with E-state index in [1.807, 2.05) is 13.0 Å². The van der Waals surface area contributed by atoms with Gasteiger partial charge >= 0.3 is 0 Å². The Bertz CT molecular complexity index is 1100. The summed E-state index contributed by atoms with van der Waals surface area (Å²) in [6, 6.07) is 2.13. The van der Waals surface area contributed by atoms with Crippen molar-refractivity contribution in [3.8, 4) is 6.07 Å². The Morgan fingerprint density at radius 3 is 2.49 bits per heavy atom. The van der Waals surface area contributed by atoms with Crippen LogP contribution in [0, 0.1) is 30.1 Å². The third kappa shape index (κ3) is 5.99. The van der Waals surface area contributed by atoms with Crippen LogP contribution in [0.1, 0.15) is 63.1 Å². The Labute approximate surface area is 218 Å². The van der Waals surface area contributed by atoms with Gasteiger partial charge in [0, 0.05) is 45.5 Å². The predicted molar refractivity (Wildman–Crippen MR) is 147 cm³/mol. The van der Waals surface area contributed by atoms with Crippen LogP contribution < -0.4 is 10.5 Å². The van der Waals surface area contributed by atoms with Gasteiger partial charge in [0.2, 0.25) is 0 Å². The molecule has 35 heavy (non-hydrogen) atoms. The minimum absolute atomic E-state index is 0.133. The minimum atomic E-state index is -0.247. The molecule has 1 aromatic rings. The number of pyridine rings is 1. The molecule has 2 aliphatic heterocycles. The number of piperidine rings is 1. The maximum atomic E-state index is 13.4. The highest BCUT2D eigenvalue weighted by Crippen LogP contribution is 2.37. The molecule has 2 fully saturated rings. The van der Waals surface area contributed by atoms with Gasteiger partial charge in [-0.3, -0.25) is 19.1 Å². The highest BCUT2D eigenvalue weighted by Gasteiger charge is 2.34. The number of methoxy groups -OCH3 is 1. The zero-order chi connectivity index (χ0) is 25.7. The van der Waals surface area contributed by atoms with E-state index in [1.54, 1.807) is 16.6 Å². The fourth-order valence-electron chi connectivity index (χ4n) is 5.04. The summed E-state index contributed by atoms with van der Waals surface area (Å²) in [6.07, 6.45) is 5.46. The summed E-state index contributed by atoms with van der Waals surface area (Å²) < 4.78 is 7.41. The number of rotatable bonds is 9. The standard InChI is InChI=1S/C26H36N4O3S2/c1-6-7-9-29-23(28-15-17(2)12-18(3)16-28)20(19(4)21(14-27)24(29)31)13-22-25(32)30(26(34)35-22)10-8-11-33-5/h13,17-18H,6-12,15-16H2,1-5H3. The Morgan fingerprint density at radius 2 is 1.89 bits per heavy atom. The molecule has 3 rings (SSSR count). The van der Waals surface area contributed by atoms with Gasteiger partial charge < -0.3 is 9.64 Å². The molecule has 9 heteroatoms. The van der Waals surface area contributed by atoms with Gasteiger partial charge in [0.25, 0.3) is 11.5 Å². The number of hydrogen-bond acceptors (Lipinski definition) is 7. The fraction of sp³-hybridized carbons (Fsp3) is 0.615. The smallest absolute Gasteiger partial charge is 0.270 e. The zero-order valence-electron chi connectivity index (χ0n) is 21.4. The van der Waals surface area contributed by atoms with Crippen molar-refractivity contribution in [2.45, 2.75) is 59.9 Å². The van der Waals surface area contributed by atoms with Crippen molar-refractivity contribution in [3.05, 3.63) is 31.9 Å². The lowest BCUT2D eigenvalue weighted by Gasteiger charge is -2.39. The summed E-state index contributed by atoms with van der Waals surface area (Å²) in [5.74, 6) is 1.65. The van der Waals surface area contributed by atoms with E-state index in [0.29, 0.717) is 52.7 Å². The molecule has 3 heterocycles. The maximum Gasteiger partial charge on any atom is 0.270 e. The number of nitrogens with zero attached hydrogens (tertiary/aromatic N) is 4. The van der Waals surface area contributed by atoms with Gasteiger partial charge in [0.1, 0.15) is 21.8 Å². The predicted octanol–water partition coefficient (Wildman–Crippen LogP) is 4.55. The maximum absolute atomic E-state index is 13.4. The first-order valence-corrected chi connectivity index (χ1v) is 13.6. The summed E-state index contributed by atoms with van der Waals surface area (Å²) in [5.41, 5.74) is 1.29. The van der Waals surface area contributed by atoms with Gasteiger partial charge in [-0.05, 0) is 49.7 Å². The topological polar surface area (TPSA) is 78.6 Å². The third-order valence-corrected chi connectivity index (χ3v) is 8.01. The SMILES string of the molecule is CCCCn1c(N2CC(C)CC(C)C2)c(C=C2SC(=S)N(CCCOC)C2=O)c(C)c(C#N)c1=O. The molecule has 0 saturated carbocycles. The zero-order valence-corrected chi connectivity index (χ0v) is 23.1. The van der Waals surface area contributed by atoms with Crippen LogP contribution in [-0.2, 0) is 16.1 Å². The van der Waals surface area contributed by atoms with Crippen LogP contribution in [0.4, 0.5) is 5.82 Å². The Morgan fingerprint density at radius 1 is 1.20 bits per heavy atom. The first kappa shape index (κ1) is 27.4. The number of nitriles is 1. The van der Waals surface area contributed by atoms with Crippen LogP contribution >= 0.6 is 24.0 Å². The van der Waals surface area contributed by atoms with Gasteiger partial charge in [0.15, 0.2) is 0 Å². The summed E-state index contributed by atoms with van der Waals surface area (Å²) >= 11 is 6.78. The van der Waals surface area contributed by atoms with Crippen LogP contribution in [0.15, 0.2) is 9.70 Å². The van der Waals surface area contributed by atoms with Gasteiger partial charge in [-0.2, -0.15) is 5.26 Å². The molecule has 2 saturated heterocycles. The molecule has 7 nitrogen and oxygen atoms in total. The Kier molecular flexibility index (Phi) is 9.56. The van der Waals surface area contributed by atoms with Crippen LogP contribution in [-0.4, -0.2) is 53.0 Å². The van der Waals surface area contributed by atoms with Crippen molar-refractivity contribution in [2.24, 2.45) is 11.8 Å². The third-order valence-electron chi connectivity index (χ3n) is 6.63. The fourth-order valence-corrected chi connectivity index (χ4v) is 6.33. The molecule has 0 bridgehead atoms. The van der Waals surface area contributed by atoms with E-state index in [-0.39, 0.29) is 17.0 Å². The minimum Gasteiger partial charge on any atom is -0.385 e. The van der Waals surface area contributed by atoms with E-state index in [9.17, 15) is 14.9 Å². The first-order chi connectivity index (χ1) is 16.7. The molecule has 2 aliphatic rings. The Balaban J connectivity index is 2.17. The number of carbonyl (C=O) groups is 1. The van der Waals surface area contributed by atoms with Crippen molar-refractivity contribution in [1.29, 1.82) is 5.26 Å². The molecule has 0 N–H and O–H groups in total. The summed E-state index contributed by atoms with van der Waals surface area (Å²) in [5, 5.41) is 9.87.